The summed E-state index contributed by atoms with van der Waals surface area (Å²) < 4.78 is 7.21. The van der Waals surface area contributed by atoms with Gasteiger partial charge in [-0.3, -0.25) is 0 Å². The van der Waals surface area contributed by atoms with E-state index >= 15 is 0 Å². The van der Waals surface area contributed by atoms with E-state index in [9.17, 15) is 10.5 Å². The van der Waals surface area contributed by atoms with E-state index < -0.39 is 5.92 Å². The molecule has 3 aromatic heterocycles. The molecule has 21 rings (SSSR count). The van der Waals surface area contributed by atoms with E-state index in [1.807, 2.05) is 0 Å². The van der Waals surface area contributed by atoms with Gasteiger partial charge in [0, 0.05) is 43.8 Å². The summed E-state index contributed by atoms with van der Waals surface area (Å²) in [5.74, 6) is -0.643. The molecule has 0 N–H and O–H groups in total. The molecule has 0 fully saturated rings. The van der Waals surface area contributed by atoms with Crippen molar-refractivity contribution in [2.75, 3.05) is 0 Å². The Kier molecular flexibility index (Phi) is 15.0. The third kappa shape index (κ3) is 10.3. The van der Waals surface area contributed by atoms with Crippen LogP contribution in [-0.2, 0) is 0 Å². The summed E-state index contributed by atoms with van der Waals surface area (Å²) in [6.07, 6.45) is 0. The molecule has 20 aromatic rings. The minimum Gasteiger partial charge on any atom is -0.306 e. The van der Waals surface area contributed by atoms with Crippen LogP contribution in [0, 0.1) is 22.7 Å². The minimum absolute atomic E-state index is 0.386. The Hall–Kier alpha value is -14.9. The van der Waals surface area contributed by atoms with Crippen LogP contribution in [0.5, 0.6) is 0 Å². The van der Waals surface area contributed by atoms with Crippen molar-refractivity contribution in [3.05, 3.63) is 416 Å². The molecule has 0 saturated heterocycles. The first-order valence-corrected chi connectivity index (χ1v) is 37.5. The molecule has 510 valence electrons. The van der Waals surface area contributed by atoms with Gasteiger partial charge < -0.3 is 13.7 Å². The summed E-state index contributed by atoms with van der Waals surface area (Å²) in [7, 11) is 0. The second kappa shape index (κ2) is 26.0. The largest absolute Gasteiger partial charge is 0.306 e. The van der Waals surface area contributed by atoms with Crippen LogP contribution in [-0.4, -0.2) is 13.7 Å². The fourth-order valence-corrected chi connectivity index (χ4v) is 17.7. The highest BCUT2D eigenvalue weighted by Gasteiger charge is 2.40. The number of hydrogen-bond acceptors (Lipinski definition) is 2. The van der Waals surface area contributed by atoms with E-state index in [4.69, 9.17) is 0 Å². The van der Waals surface area contributed by atoms with Gasteiger partial charge in [-0.25, -0.2) is 0 Å². The summed E-state index contributed by atoms with van der Waals surface area (Å²) in [4.78, 5) is 0. The zero-order valence-electron chi connectivity index (χ0n) is 59.8. The molecule has 0 atom stereocenters. The third-order valence-corrected chi connectivity index (χ3v) is 22.8. The van der Waals surface area contributed by atoms with Gasteiger partial charge in [-0.2, -0.15) is 10.5 Å². The average molecular weight is 1400 g/mol. The topological polar surface area (TPSA) is 62.4 Å². The molecule has 0 radical (unpaired) electrons. The predicted molar refractivity (Wildman–Crippen MR) is 455 cm³/mol. The molecular formula is C105H65N5. The number of nitriles is 2. The first-order chi connectivity index (χ1) is 54.5. The van der Waals surface area contributed by atoms with Gasteiger partial charge in [0.2, 0.25) is 0 Å². The smallest absolute Gasteiger partial charge is 0.102 e. The summed E-state index contributed by atoms with van der Waals surface area (Å²) in [5, 5.41) is 33.1. The number of benzene rings is 17. The molecule has 17 aromatic carbocycles. The van der Waals surface area contributed by atoms with Crippen molar-refractivity contribution in [2.24, 2.45) is 0 Å². The van der Waals surface area contributed by atoms with Crippen LogP contribution in [0.4, 0.5) is 0 Å². The molecule has 0 amide bonds. The summed E-state index contributed by atoms with van der Waals surface area (Å²) in [6, 6.07) is 146. The van der Waals surface area contributed by atoms with Crippen LogP contribution in [0.25, 0.3) is 183 Å². The van der Waals surface area contributed by atoms with Crippen molar-refractivity contribution in [1.82, 2.24) is 13.7 Å². The second-order valence-electron chi connectivity index (χ2n) is 28.8. The molecule has 0 spiro atoms. The Morgan fingerprint density at radius 1 is 0.191 bits per heavy atom. The lowest BCUT2D eigenvalue weighted by Gasteiger charge is -2.29. The predicted octanol–water partition coefficient (Wildman–Crippen LogP) is 27.2. The maximum absolute atomic E-state index is 13.5. The van der Waals surface area contributed by atoms with E-state index in [0.29, 0.717) is 33.8 Å². The number of fused-ring (bicyclic) bond motifs is 12. The standard InChI is InChI=1S/C105H65N5/c106-65-93-102(101-83-49-41-75(67-25-9-1-10-26-67)57-85(83)86-58-76(42-50-84(86)101)68-27-11-2-12-28-68)94(66-107)104(109-97-53-45-79(71-33-17-5-18-34-71)61-89(97)90-62-80(46-54-98(90)109)72-35-19-6-20-36-72)105(110-99-55-47-81(73-37-21-7-22-38-73)63-91(99)92-64-82(48-56-100(92)110)74-39-23-8-24-40-74)103(93)108-95-51-43-77(69-29-13-3-14-30-69)59-87(95)88-60-78(44-52-96(88)108)70-31-15-4-16-32-70/h1-64,101H. The van der Waals surface area contributed by atoms with Gasteiger partial charge in [-0.05, 0) is 196 Å². The SMILES string of the molecule is N#Cc1c(C2c3ccc(-c4ccccc4)cc3-c3cc(-c4ccccc4)ccc32)c(C#N)c(-n2c3ccc(-c4ccccc4)cc3c3cc(-c4ccccc4)ccc32)c(-n2c3ccc(-c4ccccc4)cc3c3cc(-c4ccccc4)ccc32)c1-n1c2ccc(-c3ccccc3)cc2c2cc(-c3ccccc3)ccc21. The molecule has 110 heavy (non-hydrogen) atoms. The summed E-state index contributed by atoms with van der Waals surface area (Å²) in [6.45, 7) is 0. The molecule has 0 bridgehead atoms. The Labute approximate surface area is 636 Å². The number of aromatic nitrogens is 3. The van der Waals surface area contributed by atoms with Gasteiger partial charge in [0.05, 0.1) is 61.3 Å². The Balaban J connectivity index is 0.994. The van der Waals surface area contributed by atoms with Gasteiger partial charge in [-0.1, -0.05) is 303 Å². The molecule has 0 aliphatic heterocycles. The van der Waals surface area contributed by atoms with Gasteiger partial charge in [-0.15, -0.1) is 0 Å². The van der Waals surface area contributed by atoms with Crippen molar-refractivity contribution in [2.45, 2.75) is 5.92 Å². The van der Waals surface area contributed by atoms with Gasteiger partial charge >= 0.3 is 0 Å². The maximum Gasteiger partial charge on any atom is 0.102 e. The molecule has 1 aliphatic carbocycles. The van der Waals surface area contributed by atoms with E-state index in [2.05, 4.69) is 414 Å². The van der Waals surface area contributed by atoms with Crippen LogP contribution < -0.4 is 0 Å². The highest BCUT2D eigenvalue weighted by atomic mass is 15.1. The first-order valence-electron chi connectivity index (χ1n) is 37.5. The monoisotopic (exact) mass is 1400 g/mol. The highest BCUT2D eigenvalue weighted by Crippen LogP contribution is 2.56. The highest BCUT2D eigenvalue weighted by molar-refractivity contribution is 6.17. The van der Waals surface area contributed by atoms with Crippen LogP contribution >= 0.6 is 0 Å². The fourth-order valence-electron chi connectivity index (χ4n) is 17.7. The molecule has 0 unspecified atom stereocenters. The van der Waals surface area contributed by atoms with Gasteiger partial charge in [0.15, 0.2) is 0 Å². The van der Waals surface area contributed by atoms with Crippen LogP contribution in [0.15, 0.2) is 388 Å². The van der Waals surface area contributed by atoms with Crippen LogP contribution in [0.2, 0.25) is 0 Å². The number of rotatable bonds is 12. The van der Waals surface area contributed by atoms with Crippen molar-refractivity contribution in [3.8, 4) is 129 Å². The van der Waals surface area contributed by atoms with E-state index in [0.717, 1.165) is 177 Å². The van der Waals surface area contributed by atoms with Crippen molar-refractivity contribution in [3.63, 3.8) is 0 Å². The normalized spacial score (nSPS) is 11.9. The van der Waals surface area contributed by atoms with E-state index in [-0.39, 0.29) is 0 Å². The molecule has 0 saturated carbocycles. The molecule has 5 heteroatoms. The van der Waals surface area contributed by atoms with Crippen molar-refractivity contribution >= 4 is 65.4 Å². The lowest BCUT2D eigenvalue weighted by Crippen LogP contribution is -2.18. The number of hydrogen-bond donors (Lipinski definition) is 0. The van der Waals surface area contributed by atoms with Gasteiger partial charge in [0.25, 0.3) is 0 Å². The van der Waals surface area contributed by atoms with E-state index in [1.165, 1.54) is 0 Å². The average Bonchev–Trinajstić information content (AvgIpc) is 1.47. The zero-order valence-corrected chi connectivity index (χ0v) is 59.8. The second-order valence-corrected chi connectivity index (χ2v) is 28.8. The van der Waals surface area contributed by atoms with Crippen LogP contribution in [0.3, 0.4) is 0 Å². The molecule has 5 nitrogen and oxygen atoms in total. The zero-order chi connectivity index (χ0) is 72.9. The molecular weight excluding hydrogens is 1330 g/mol. The van der Waals surface area contributed by atoms with Gasteiger partial charge in [0.1, 0.15) is 12.1 Å². The Bertz CT molecular complexity index is 6550. The molecule has 3 heterocycles. The lowest BCUT2D eigenvalue weighted by atomic mass is 9.81. The summed E-state index contributed by atoms with van der Waals surface area (Å²) in [5.41, 5.74) is 30.1. The minimum atomic E-state index is -0.643. The maximum atomic E-state index is 13.5. The first kappa shape index (κ1) is 63.6. The molecule has 1 aliphatic rings. The van der Waals surface area contributed by atoms with E-state index in [1.54, 1.807) is 0 Å². The lowest BCUT2D eigenvalue weighted by molar-refractivity contribution is 0.963. The van der Waals surface area contributed by atoms with Crippen molar-refractivity contribution < 1.29 is 0 Å². The Morgan fingerprint density at radius 2 is 0.382 bits per heavy atom. The van der Waals surface area contributed by atoms with Crippen molar-refractivity contribution in [1.29, 1.82) is 10.5 Å². The fraction of sp³-hybridized carbons (Fsp3) is 0.00952. The number of nitrogens with zero attached hydrogens (tertiary/aromatic N) is 5. The third-order valence-electron chi connectivity index (χ3n) is 22.8. The quantitative estimate of drug-likeness (QED) is 0.122. The summed E-state index contributed by atoms with van der Waals surface area (Å²) >= 11 is 0. The van der Waals surface area contributed by atoms with Crippen LogP contribution in [0.1, 0.15) is 33.7 Å². The Morgan fingerprint density at radius 3 is 0.591 bits per heavy atom.